The number of rotatable bonds is 7. The first kappa shape index (κ1) is 16.0. The van der Waals surface area contributed by atoms with E-state index >= 15 is 0 Å². The Balaban J connectivity index is 1.65. The molecule has 0 unspecified atom stereocenters. The van der Waals surface area contributed by atoms with Crippen LogP contribution in [0.2, 0.25) is 0 Å². The first-order valence-corrected chi connectivity index (χ1v) is 8.00. The van der Waals surface area contributed by atoms with Crippen LogP contribution in [0, 0.1) is 0 Å². The fourth-order valence-corrected chi connectivity index (χ4v) is 2.50. The molecule has 122 valence electrons. The largest absolute Gasteiger partial charge is 0.488 e. The van der Waals surface area contributed by atoms with Crippen molar-refractivity contribution in [1.29, 1.82) is 0 Å². The maximum absolute atomic E-state index is 11.0. The highest BCUT2D eigenvalue weighted by molar-refractivity contribution is 5.75. The zero-order valence-corrected chi connectivity index (χ0v) is 13.7. The highest BCUT2D eigenvalue weighted by atomic mass is 16.5. The van der Waals surface area contributed by atoms with Crippen LogP contribution in [0.15, 0.2) is 61.1 Å². The Hall–Kier alpha value is -2.88. The summed E-state index contributed by atoms with van der Waals surface area (Å²) in [5.74, 6) is 1.04. The molecule has 4 nitrogen and oxygen atoms in total. The van der Waals surface area contributed by atoms with Gasteiger partial charge < -0.3 is 14.5 Å². The number of ketones is 1. The zero-order valence-electron chi connectivity index (χ0n) is 13.7. The number of aromatic nitrogens is 2. The van der Waals surface area contributed by atoms with Crippen LogP contribution in [-0.2, 0) is 17.8 Å². The number of Topliss-reactive ketones (excluding diaryl/α,β-unsaturated/α-hetero) is 1. The van der Waals surface area contributed by atoms with E-state index in [1.807, 2.05) is 36.4 Å². The summed E-state index contributed by atoms with van der Waals surface area (Å²) >= 11 is 0. The molecule has 0 amide bonds. The molecule has 0 aliphatic rings. The van der Waals surface area contributed by atoms with Crippen LogP contribution in [0.4, 0.5) is 0 Å². The van der Waals surface area contributed by atoms with Gasteiger partial charge in [-0.25, -0.2) is 4.98 Å². The Morgan fingerprint density at radius 3 is 2.54 bits per heavy atom. The summed E-state index contributed by atoms with van der Waals surface area (Å²) in [6.07, 6.45) is 4.82. The smallest absolute Gasteiger partial charge is 0.130 e. The molecule has 0 radical (unpaired) electrons. The fraction of sp³-hybridized carbons (Fsp3) is 0.200. The summed E-state index contributed by atoms with van der Waals surface area (Å²) in [4.78, 5) is 18.2. The zero-order chi connectivity index (χ0) is 16.8. The summed E-state index contributed by atoms with van der Waals surface area (Å²) in [7, 11) is 0. The number of nitrogens with one attached hydrogen (secondary N) is 1. The lowest BCUT2D eigenvalue weighted by atomic mass is 10.1. The topological polar surface area (TPSA) is 55.0 Å². The summed E-state index contributed by atoms with van der Waals surface area (Å²) in [6, 6.07) is 16.1. The monoisotopic (exact) mass is 320 g/mol. The molecule has 0 bridgehead atoms. The SMILES string of the molecule is CC(=O)CCc1ccc(COc2ccccc2-c2cnc[nH]2)cc1. The Kier molecular flexibility index (Phi) is 5.06. The molecule has 0 aliphatic carbocycles. The number of ether oxygens (including phenoxy) is 1. The van der Waals surface area contributed by atoms with Crippen molar-refractivity contribution in [2.24, 2.45) is 0 Å². The van der Waals surface area contributed by atoms with Gasteiger partial charge in [-0.1, -0.05) is 36.4 Å². The second-order valence-corrected chi connectivity index (χ2v) is 5.77. The third-order valence-corrected chi connectivity index (χ3v) is 3.86. The lowest BCUT2D eigenvalue weighted by Crippen LogP contribution is -1.98. The van der Waals surface area contributed by atoms with Crippen LogP contribution >= 0.6 is 0 Å². The van der Waals surface area contributed by atoms with E-state index in [0.717, 1.165) is 29.0 Å². The van der Waals surface area contributed by atoms with Gasteiger partial charge in [-0.05, 0) is 36.6 Å². The third kappa shape index (κ3) is 4.10. The molecule has 3 aromatic rings. The van der Waals surface area contributed by atoms with Crippen LogP contribution in [0.5, 0.6) is 5.75 Å². The Morgan fingerprint density at radius 2 is 1.83 bits per heavy atom. The predicted molar refractivity (Wildman–Crippen MR) is 93.8 cm³/mol. The number of imidazole rings is 1. The molecular weight excluding hydrogens is 300 g/mol. The van der Waals surface area contributed by atoms with Gasteiger partial charge in [0.25, 0.3) is 0 Å². The number of hydrogen-bond acceptors (Lipinski definition) is 3. The molecular formula is C20H20N2O2. The summed E-state index contributed by atoms with van der Waals surface area (Å²) < 4.78 is 5.98. The molecule has 4 heteroatoms. The normalized spacial score (nSPS) is 10.5. The van der Waals surface area contributed by atoms with Gasteiger partial charge in [0.15, 0.2) is 0 Å². The fourth-order valence-electron chi connectivity index (χ4n) is 2.50. The number of hydrogen-bond donors (Lipinski definition) is 1. The minimum Gasteiger partial charge on any atom is -0.488 e. The van der Waals surface area contributed by atoms with Crippen molar-refractivity contribution in [3.05, 3.63) is 72.2 Å². The molecule has 0 aliphatic heterocycles. The maximum atomic E-state index is 11.0. The van der Waals surface area contributed by atoms with Gasteiger partial charge in [0.05, 0.1) is 18.2 Å². The number of carbonyl (C=O) groups is 1. The molecule has 0 spiro atoms. The Bertz CT molecular complexity index is 793. The average Bonchev–Trinajstić information content (AvgIpc) is 3.14. The van der Waals surface area contributed by atoms with Crippen LogP contribution < -0.4 is 4.74 Å². The van der Waals surface area contributed by atoms with E-state index in [2.05, 4.69) is 22.1 Å². The van der Waals surface area contributed by atoms with Crippen LogP contribution in [0.25, 0.3) is 11.3 Å². The van der Waals surface area contributed by atoms with Crippen molar-refractivity contribution in [3.63, 3.8) is 0 Å². The van der Waals surface area contributed by atoms with Gasteiger partial charge in [0, 0.05) is 12.0 Å². The lowest BCUT2D eigenvalue weighted by molar-refractivity contribution is -0.116. The molecule has 1 N–H and O–H groups in total. The molecule has 0 saturated carbocycles. The van der Waals surface area contributed by atoms with E-state index in [1.165, 1.54) is 5.56 Å². The number of aryl methyl sites for hydroxylation is 1. The molecule has 1 heterocycles. The standard InChI is InChI=1S/C20H20N2O2/c1-15(23)6-7-16-8-10-17(11-9-16)13-24-20-5-3-2-4-18(20)19-12-21-14-22-19/h2-5,8-12,14H,6-7,13H2,1H3,(H,21,22). The highest BCUT2D eigenvalue weighted by Crippen LogP contribution is 2.28. The van der Waals surface area contributed by atoms with Gasteiger partial charge in [0.1, 0.15) is 18.1 Å². The summed E-state index contributed by atoms with van der Waals surface area (Å²) in [5, 5.41) is 0. The van der Waals surface area contributed by atoms with E-state index in [0.29, 0.717) is 13.0 Å². The number of para-hydroxylation sites is 1. The van der Waals surface area contributed by atoms with Crippen molar-refractivity contribution in [2.45, 2.75) is 26.4 Å². The number of benzene rings is 2. The second-order valence-electron chi connectivity index (χ2n) is 5.77. The molecule has 2 aromatic carbocycles. The minimum atomic E-state index is 0.220. The van der Waals surface area contributed by atoms with Crippen molar-refractivity contribution in [2.75, 3.05) is 0 Å². The van der Waals surface area contributed by atoms with Crippen LogP contribution in [0.1, 0.15) is 24.5 Å². The number of carbonyl (C=O) groups excluding carboxylic acids is 1. The first-order chi connectivity index (χ1) is 11.7. The number of nitrogens with zero attached hydrogens (tertiary/aromatic N) is 1. The van der Waals surface area contributed by atoms with Crippen molar-refractivity contribution >= 4 is 5.78 Å². The van der Waals surface area contributed by atoms with E-state index in [4.69, 9.17) is 4.74 Å². The van der Waals surface area contributed by atoms with Crippen molar-refractivity contribution in [1.82, 2.24) is 9.97 Å². The molecule has 24 heavy (non-hydrogen) atoms. The van der Waals surface area contributed by atoms with E-state index < -0.39 is 0 Å². The van der Waals surface area contributed by atoms with Gasteiger partial charge in [0.2, 0.25) is 0 Å². The maximum Gasteiger partial charge on any atom is 0.130 e. The molecule has 0 fully saturated rings. The third-order valence-electron chi connectivity index (χ3n) is 3.86. The van der Waals surface area contributed by atoms with Crippen molar-refractivity contribution < 1.29 is 9.53 Å². The molecule has 1 aromatic heterocycles. The van der Waals surface area contributed by atoms with E-state index in [1.54, 1.807) is 19.4 Å². The van der Waals surface area contributed by atoms with E-state index in [-0.39, 0.29) is 5.78 Å². The van der Waals surface area contributed by atoms with Crippen LogP contribution in [0.3, 0.4) is 0 Å². The van der Waals surface area contributed by atoms with Crippen LogP contribution in [-0.4, -0.2) is 15.8 Å². The average molecular weight is 320 g/mol. The van der Waals surface area contributed by atoms with Gasteiger partial charge in [-0.15, -0.1) is 0 Å². The number of aromatic amines is 1. The highest BCUT2D eigenvalue weighted by Gasteiger charge is 2.07. The lowest BCUT2D eigenvalue weighted by Gasteiger charge is -2.11. The summed E-state index contributed by atoms with van der Waals surface area (Å²) in [5.41, 5.74) is 4.20. The first-order valence-electron chi connectivity index (χ1n) is 8.00. The Labute approximate surface area is 141 Å². The predicted octanol–water partition coefficient (Wildman–Crippen LogP) is 4.18. The number of H-pyrrole nitrogens is 1. The van der Waals surface area contributed by atoms with Gasteiger partial charge >= 0.3 is 0 Å². The van der Waals surface area contributed by atoms with E-state index in [9.17, 15) is 4.79 Å². The molecule has 0 atom stereocenters. The minimum absolute atomic E-state index is 0.220. The Morgan fingerprint density at radius 1 is 1.08 bits per heavy atom. The van der Waals surface area contributed by atoms with Gasteiger partial charge in [-0.3, -0.25) is 0 Å². The second kappa shape index (κ2) is 7.59. The summed E-state index contributed by atoms with van der Waals surface area (Å²) in [6.45, 7) is 2.12. The quantitative estimate of drug-likeness (QED) is 0.710. The molecule has 3 rings (SSSR count). The van der Waals surface area contributed by atoms with Crippen molar-refractivity contribution in [3.8, 4) is 17.0 Å². The molecule has 0 saturated heterocycles. The van der Waals surface area contributed by atoms with Gasteiger partial charge in [-0.2, -0.15) is 0 Å².